The molecule has 0 aliphatic carbocycles. The third-order valence-electron chi connectivity index (χ3n) is 14.6. The van der Waals surface area contributed by atoms with Crippen LogP contribution >= 0.6 is 25.9 Å². The first kappa shape index (κ1) is 80.2. The number of ether oxygens (including phenoxy) is 6. The van der Waals surface area contributed by atoms with Crippen LogP contribution in [0.25, 0.3) is 0 Å². The third kappa shape index (κ3) is 22.9. The first-order chi connectivity index (χ1) is 47.2. The maximum Gasteiger partial charge on any atom is 0.459 e. The highest BCUT2D eigenvalue weighted by atomic mass is 35.7. The molecule has 8 heterocycles. The van der Waals surface area contributed by atoms with Crippen molar-refractivity contribution in [3.63, 3.8) is 0 Å². The van der Waals surface area contributed by atoms with Gasteiger partial charge in [0.05, 0.1) is 46.8 Å². The van der Waals surface area contributed by atoms with Gasteiger partial charge in [-0.2, -0.15) is 5.09 Å². The van der Waals surface area contributed by atoms with Crippen molar-refractivity contribution in [2.45, 2.75) is 129 Å². The lowest BCUT2D eigenvalue weighted by atomic mass is 10.2. The van der Waals surface area contributed by atoms with Crippen molar-refractivity contribution in [3.8, 4) is 11.5 Å². The lowest BCUT2D eigenvalue weighted by Gasteiger charge is -2.24. The number of H-pyrrole nitrogens is 4. The van der Waals surface area contributed by atoms with Gasteiger partial charge in [-0.15, -0.1) is 0 Å². The number of nitrogens with one attached hydrogen (secondary N) is 6. The Hall–Kier alpha value is -8.77. The minimum atomic E-state index is -4.03. The van der Waals surface area contributed by atoms with Gasteiger partial charge in [-0.05, 0) is 97.9 Å². The van der Waals surface area contributed by atoms with E-state index in [-0.39, 0.29) is 38.6 Å². The average Bonchev–Trinajstić information content (AvgIpc) is 1.53. The van der Waals surface area contributed by atoms with Crippen molar-refractivity contribution in [1.82, 2.24) is 48.4 Å². The van der Waals surface area contributed by atoms with E-state index in [1.807, 2.05) is 13.8 Å². The minimum absolute atomic E-state index is 0.135. The minimum Gasteiger partial charge on any atom is -0.468 e. The topological polar surface area (TPSA) is 476 Å². The number of aromatic nitrogens is 8. The molecule has 0 spiro atoms. The molecule has 38 heteroatoms. The van der Waals surface area contributed by atoms with Crippen LogP contribution in [0.1, 0.15) is 78.6 Å². The molecule has 10 rings (SSSR count). The lowest BCUT2D eigenvalue weighted by Crippen LogP contribution is -2.35. The Morgan fingerprint density at radius 1 is 0.530 bits per heavy atom. The van der Waals surface area contributed by atoms with Crippen LogP contribution in [0.5, 0.6) is 11.5 Å². The number of hydrogen-bond donors (Lipinski definition) is 10. The summed E-state index contributed by atoms with van der Waals surface area (Å²) >= 11 is 5.72. The molecule has 10 N–H and O–H groups in total. The summed E-state index contributed by atoms with van der Waals surface area (Å²) in [6.45, 7) is 8.71. The molecule has 0 amide bonds. The first-order valence-corrected chi connectivity index (χ1v) is 34.5. The molecule has 0 saturated carbocycles. The van der Waals surface area contributed by atoms with Crippen LogP contribution in [-0.4, -0.2) is 154 Å². The second-order valence-corrected chi connectivity index (χ2v) is 27.0. The fraction of sp³-hybridized carbons (Fsp3) is 0.419. The molecule has 4 aliphatic heterocycles. The number of aliphatic hydroxyl groups excluding tert-OH is 4. The summed E-state index contributed by atoms with van der Waals surface area (Å²) in [4.78, 5) is 123. The molecule has 0 bridgehead atoms. The van der Waals surface area contributed by atoms with Crippen molar-refractivity contribution in [1.29, 1.82) is 0 Å². The largest absolute Gasteiger partial charge is 0.468 e. The van der Waals surface area contributed by atoms with Crippen molar-refractivity contribution in [3.05, 3.63) is 227 Å². The van der Waals surface area contributed by atoms with Gasteiger partial charge in [0.1, 0.15) is 54.2 Å². The maximum atomic E-state index is 13.4. The van der Waals surface area contributed by atoms with Crippen LogP contribution in [0.4, 0.5) is 0 Å². The molecule has 1 saturated heterocycles. The van der Waals surface area contributed by atoms with E-state index in [9.17, 15) is 62.2 Å². The van der Waals surface area contributed by atoms with Gasteiger partial charge in [-0.25, -0.2) is 33.4 Å². The number of benzene rings is 2. The first-order valence-electron chi connectivity index (χ1n) is 30.4. The molecule has 6 unspecified atom stereocenters. The molecule has 35 nitrogen and oxygen atoms in total. The van der Waals surface area contributed by atoms with E-state index in [0.717, 1.165) is 11.1 Å². The zero-order chi connectivity index (χ0) is 73.9. The van der Waals surface area contributed by atoms with Gasteiger partial charge in [0, 0.05) is 64.7 Å². The number of aromatic amines is 4. The summed E-state index contributed by atoms with van der Waals surface area (Å²) in [5.74, 6) is -0.562. The van der Waals surface area contributed by atoms with Gasteiger partial charge in [0.25, 0.3) is 22.2 Å². The number of methoxy groups -OCH3 is 2. The number of aliphatic hydroxyl groups is 4. The number of hydrogen-bond acceptors (Lipinski definition) is 25. The summed E-state index contributed by atoms with van der Waals surface area (Å²) < 4.78 is 77.6. The molecule has 1 fully saturated rings. The van der Waals surface area contributed by atoms with Crippen LogP contribution in [0.2, 0.25) is 0 Å². The fourth-order valence-electron chi connectivity index (χ4n) is 9.11. The quantitative estimate of drug-likeness (QED) is 0.0296. The summed E-state index contributed by atoms with van der Waals surface area (Å²) in [7, 11) is -1.58. The zero-order valence-electron chi connectivity index (χ0n) is 55.7. The van der Waals surface area contributed by atoms with E-state index in [4.69, 9.17) is 59.1 Å². The number of esters is 2. The number of carbonyl (C=O) groups excluding carboxylic acids is 2. The molecule has 4 aromatic heterocycles. The van der Waals surface area contributed by atoms with Crippen LogP contribution in [0.15, 0.2) is 148 Å². The lowest BCUT2D eigenvalue weighted by molar-refractivity contribution is -0.143. The molecular weight excluding hydrogens is 1380 g/mol. The molecule has 2 aromatic carbocycles. The molecule has 6 aromatic rings. The molecule has 13 atom stereocenters. The molecule has 100 heavy (non-hydrogen) atoms. The zero-order valence-corrected chi connectivity index (χ0v) is 58.2. The van der Waals surface area contributed by atoms with Gasteiger partial charge in [0.2, 0.25) is 0 Å². The Morgan fingerprint density at radius 2 is 0.880 bits per heavy atom. The number of rotatable bonds is 20. The second-order valence-electron chi connectivity index (χ2n) is 22.6. The Bertz CT molecular complexity index is 4410. The van der Waals surface area contributed by atoms with Gasteiger partial charge in [-0.1, -0.05) is 53.6 Å². The Kier molecular flexibility index (Phi) is 29.3. The highest BCUT2D eigenvalue weighted by molar-refractivity contribution is 7.84. The number of aryl methyl sites for hydroxylation is 6. The van der Waals surface area contributed by atoms with E-state index in [1.54, 1.807) is 113 Å². The fourth-order valence-corrected chi connectivity index (χ4v) is 12.3. The maximum absolute atomic E-state index is 13.4. The van der Waals surface area contributed by atoms with E-state index in [2.05, 4.69) is 39.6 Å². The van der Waals surface area contributed by atoms with Gasteiger partial charge < -0.3 is 57.9 Å². The highest BCUT2D eigenvalue weighted by Crippen LogP contribution is 2.49. The smallest absolute Gasteiger partial charge is 0.459 e. The number of halogens is 1. The second kappa shape index (κ2) is 36.5. The van der Waals surface area contributed by atoms with Crippen molar-refractivity contribution < 1.29 is 81.1 Å². The predicted molar refractivity (Wildman–Crippen MR) is 359 cm³/mol. The Balaban J connectivity index is 0.000000205. The van der Waals surface area contributed by atoms with Crippen molar-refractivity contribution >= 4 is 37.8 Å². The van der Waals surface area contributed by atoms with E-state index >= 15 is 0 Å². The monoisotopic (exact) mass is 1460 g/mol. The van der Waals surface area contributed by atoms with Crippen LogP contribution < -0.4 is 64.2 Å². The molecule has 0 radical (unpaired) electrons. The van der Waals surface area contributed by atoms with Crippen molar-refractivity contribution in [2.24, 2.45) is 0 Å². The van der Waals surface area contributed by atoms with Gasteiger partial charge in [0.15, 0.2) is 18.7 Å². The average molecular weight is 1460 g/mol. The molecule has 544 valence electrons. The summed E-state index contributed by atoms with van der Waals surface area (Å²) in [5.41, 5.74) is -0.343. The van der Waals surface area contributed by atoms with E-state index in [0.29, 0.717) is 28.0 Å². The third-order valence-corrected chi connectivity index (χ3v) is 17.9. The van der Waals surface area contributed by atoms with Gasteiger partial charge >= 0.3 is 49.3 Å². The summed E-state index contributed by atoms with van der Waals surface area (Å²) in [5, 5.41) is 41.2. The van der Waals surface area contributed by atoms with Crippen LogP contribution in [0.3, 0.4) is 0 Å². The van der Waals surface area contributed by atoms with Crippen LogP contribution in [0, 0.1) is 41.5 Å². The standard InChI is InChI=1S/C21H26N3O8P.C11H15ClNO4P.C10H14N2O5.2C10H12N2O4/c1-13-5-7-16(8-6-13)32-33(28,23-15(3)20(26)29-4)30-12-17-9-10-18(31-17)24-11-14(2)19(25)22-21(24)27;1-8-4-6-10(7-5-8)17-18(12,15)13-9(2)11(14)16-3;1-5-3-12(10(16)11-9(5)15)8-2-6(14)7(4-13)17-8;2*1-6-4-12(10(15)11-9(6)14)8-3-2-7(5-13)16-8/h5-11,15,17-18H,12H2,1-4H3,(H,23,28)(H,22,25,27);4-7,9H,1-3H3,(H,13,15);3,6-8,13-14H,2,4H2,1H3,(H,11,15,16);2*2-4,7-8,13H,5H2,1H3,(H,11,14,15)/t15?,17-,18+,33?;;6?,7?,8-;2*7-,8+/m0.100/s1. The summed E-state index contributed by atoms with van der Waals surface area (Å²) in [6.07, 6.45) is 10.3. The van der Waals surface area contributed by atoms with E-state index in [1.165, 1.54) is 71.1 Å². The number of carbonyl (C=O) groups is 2. The number of nitrogens with zero attached hydrogens (tertiary/aromatic N) is 4. The summed E-state index contributed by atoms with van der Waals surface area (Å²) in [6, 6.07) is 11.9. The predicted octanol–water partition coefficient (Wildman–Crippen LogP) is 1.90. The Labute approximate surface area is 573 Å². The van der Waals surface area contributed by atoms with E-state index < -0.39 is 139 Å². The van der Waals surface area contributed by atoms with Crippen molar-refractivity contribution in [2.75, 3.05) is 40.6 Å². The van der Waals surface area contributed by atoms with Gasteiger partial charge in [-0.3, -0.25) is 71.5 Å². The molecule has 4 aliphatic rings. The Morgan fingerprint density at radius 3 is 1.24 bits per heavy atom. The van der Waals surface area contributed by atoms with Crippen LogP contribution in [-0.2, 0) is 51.7 Å². The molecular formula is C62H79ClN10O25P2. The normalized spacial score (nSPS) is 22.0. The SMILES string of the molecule is COC(=O)C(C)NP(=O)(Cl)Oc1ccc(C)cc1.COC(=O)C(C)NP(=O)(OC[C@@H]1C=C[C@H](n2cc(C)c(=O)[nH]c2=O)O1)Oc1ccc(C)cc1.Cc1cn([C@H]2C=C[C@@H](CO)O2)c(=O)[nH]c1=O.Cc1cn([C@H]2C=C[C@@H](CO)O2)c(=O)[nH]c1=O.Cc1cn([C@H]2CC(O)C(CO)O2)c(=O)[nH]c1=O. The highest BCUT2D eigenvalue weighted by Gasteiger charge is 2.37.